The summed E-state index contributed by atoms with van der Waals surface area (Å²) < 4.78 is 0. The van der Waals surface area contributed by atoms with Crippen molar-refractivity contribution in [1.29, 1.82) is 0 Å². The minimum atomic E-state index is -0.0827. The molecule has 11 rings (SSSR count). The maximum Gasteiger partial charge on any atom is 0.0604 e. The fourth-order valence-electron chi connectivity index (χ4n) is 9.26. The van der Waals surface area contributed by atoms with Crippen LogP contribution >= 0.6 is 11.8 Å². The molecule has 1 aliphatic heterocycles. The molecule has 0 spiro atoms. The Balaban J connectivity index is 1.10. The van der Waals surface area contributed by atoms with E-state index in [-0.39, 0.29) is 5.41 Å². The van der Waals surface area contributed by atoms with E-state index in [0.29, 0.717) is 0 Å². The van der Waals surface area contributed by atoms with Crippen molar-refractivity contribution < 1.29 is 0 Å². The lowest BCUT2D eigenvalue weighted by molar-refractivity contribution is 0.660. The smallest absolute Gasteiger partial charge is 0.0604 e. The van der Waals surface area contributed by atoms with Crippen LogP contribution in [-0.2, 0) is 5.41 Å². The Morgan fingerprint density at radius 2 is 1.02 bits per heavy atom. The molecule has 1 nitrogen and oxygen atoms in total. The second kappa shape index (κ2) is 11.7. The number of fused-ring (bicyclic) bond motifs is 11. The SMILES string of the molecule is Cc1cc2c(cc1-c1ccc3c4ccccc4c4ccccc4c3c1)Sc1cc(-c3ccccc3)ccc1N2c1ccc2c(c1)C(C)(C)c1ccccc1-2. The van der Waals surface area contributed by atoms with Crippen LogP contribution < -0.4 is 4.90 Å². The van der Waals surface area contributed by atoms with Crippen LogP contribution in [-0.4, -0.2) is 0 Å². The van der Waals surface area contributed by atoms with Crippen molar-refractivity contribution in [3.63, 3.8) is 0 Å². The van der Waals surface area contributed by atoms with Crippen molar-refractivity contribution in [1.82, 2.24) is 0 Å². The third-order valence-corrected chi connectivity index (χ3v) is 13.0. The summed E-state index contributed by atoms with van der Waals surface area (Å²) in [5, 5.41) is 7.81. The van der Waals surface area contributed by atoms with Crippen LogP contribution in [0, 0.1) is 6.92 Å². The maximum atomic E-state index is 2.51. The van der Waals surface area contributed by atoms with Crippen molar-refractivity contribution in [3.8, 4) is 33.4 Å². The highest BCUT2D eigenvalue weighted by atomic mass is 32.2. The van der Waals surface area contributed by atoms with Gasteiger partial charge in [0.25, 0.3) is 0 Å². The molecule has 0 aromatic heterocycles. The molecule has 2 heteroatoms. The molecule has 0 N–H and O–H groups in total. The van der Waals surface area contributed by atoms with Crippen LogP contribution in [0.2, 0.25) is 0 Å². The van der Waals surface area contributed by atoms with Gasteiger partial charge in [0.1, 0.15) is 0 Å². The Hall–Kier alpha value is -6.09. The zero-order chi connectivity index (χ0) is 36.1. The van der Waals surface area contributed by atoms with Crippen molar-refractivity contribution in [2.24, 2.45) is 0 Å². The molecule has 1 aliphatic carbocycles. The Morgan fingerprint density at radius 1 is 0.407 bits per heavy atom. The molecule has 2 aliphatic rings. The summed E-state index contributed by atoms with van der Waals surface area (Å²) in [6.07, 6.45) is 0. The molecule has 0 fully saturated rings. The summed E-state index contributed by atoms with van der Waals surface area (Å²) in [5.41, 5.74) is 15.3. The Kier molecular flexibility index (Phi) is 6.81. The van der Waals surface area contributed by atoms with E-state index in [2.05, 4.69) is 196 Å². The van der Waals surface area contributed by atoms with Gasteiger partial charge in [0.2, 0.25) is 0 Å². The van der Waals surface area contributed by atoms with Crippen molar-refractivity contribution in [2.75, 3.05) is 4.90 Å². The molecule has 0 unspecified atom stereocenters. The minimum absolute atomic E-state index is 0.0827. The number of hydrogen-bond donors (Lipinski definition) is 0. The van der Waals surface area contributed by atoms with Crippen LogP contribution in [0.5, 0.6) is 0 Å². The summed E-state index contributed by atoms with van der Waals surface area (Å²) in [5.74, 6) is 0. The highest BCUT2D eigenvalue weighted by molar-refractivity contribution is 7.99. The molecule has 9 aromatic carbocycles. The summed E-state index contributed by atoms with van der Waals surface area (Å²) >= 11 is 1.89. The summed E-state index contributed by atoms with van der Waals surface area (Å²) in [6, 6.07) is 63.4. The standard InChI is InChI=1S/C52H37NS/c1-32-27-49-51(31-44(32)35-21-24-41-39-17-8-7-15-37(39)38-16-9-10-18-40(38)45(41)28-35)54-50-29-34(33-13-5-4-6-14-33)22-26-48(50)53(49)36-23-25-43-42-19-11-12-20-46(42)52(2,3)47(43)30-36/h4-31H,1-3H3. The van der Waals surface area contributed by atoms with Gasteiger partial charge in [-0.2, -0.15) is 0 Å². The van der Waals surface area contributed by atoms with Gasteiger partial charge in [-0.15, -0.1) is 0 Å². The molecule has 0 atom stereocenters. The predicted octanol–water partition coefficient (Wildman–Crippen LogP) is 15.0. The summed E-state index contributed by atoms with van der Waals surface area (Å²) in [4.78, 5) is 5.03. The van der Waals surface area contributed by atoms with E-state index in [1.165, 1.54) is 109 Å². The monoisotopic (exact) mass is 707 g/mol. The van der Waals surface area contributed by atoms with Gasteiger partial charge in [0.15, 0.2) is 0 Å². The average molecular weight is 708 g/mol. The third-order valence-electron chi connectivity index (χ3n) is 12.0. The molecule has 0 amide bonds. The molecule has 256 valence electrons. The predicted molar refractivity (Wildman–Crippen MR) is 231 cm³/mol. The first kappa shape index (κ1) is 31.4. The molecule has 0 radical (unpaired) electrons. The van der Waals surface area contributed by atoms with Gasteiger partial charge < -0.3 is 4.90 Å². The van der Waals surface area contributed by atoms with Gasteiger partial charge in [-0.3, -0.25) is 0 Å². The highest BCUT2D eigenvalue weighted by Gasteiger charge is 2.36. The van der Waals surface area contributed by atoms with Crippen LogP contribution in [0.4, 0.5) is 17.1 Å². The van der Waals surface area contributed by atoms with Crippen LogP contribution in [0.3, 0.4) is 0 Å². The van der Waals surface area contributed by atoms with Gasteiger partial charge >= 0.3 is 0 Å². The zero-order valence-corrected chi connectivity index (χ0v) is 31.3. The summed E-state index contributed by atoms with van der Waals surface area (Å²) in [6.45, 7) is 7.01. The Bertz CT molecular complexity index is 2970. The van der Waals surface area contributed by atoms with Crippen molar-refractivity contribution in [2.45, 2.75) is 36.0 Å². The minimum Gasteiger partial charge on any atom is -0.308 e. The fourth-order valence-corrected chi connectivity index (χ4v) is 10.4. The molecule has 0 bridgehead atoms. The lowest BCUT2D eigenvalue weighted by atomic mass is 9.82. The van der Waals surface area contributed by atoms with E-state index < -0.39 is 0 Å². The fraction of sp³-hybridized carbons (Fsp3) is 0.0769. The molecule has 1 heterocycles. The van der Waals surface area contributed by atoms with E-state index in [0.717, 1.165) is 0 Å². The van der Waals surface area contributed by atoms with Gasteiger partial charge in [-0.1, -0.05) is 153 Å². The molecule has 54 heavy (non-hydrogen) atoms. The van der Waals surface area contributed by atoms with E-state index in [4.69, 9.17) is 0 Å². The maximum absolute atomic E-state index is 2.51. The second-order valence-corrected chi connectivity index (χ2v) is 16.5. The number of anilines is 3. The number of rotatable bonds is 3. The van der Waals surface area contributed by atoms with Gasteiger partial charge in [-0.25, -0.2) is 0 Å². The van der Waals surface area contributed by atoms with Gasteiger partial charge in [-0.05, 0) is 132 Å². The van der Waals surface area contributed by atoms with Gasteiger partial charge in [0, 0.05) is 20.9 Å². The molecule has 0 saturated heterocycles. The third kappa shape index (κ3) is 4.60. The highest BCUT2D eigenvalue weighted by Crippen LogP contribution is 2.56. The topological polar surface area (TPSA) is 3.24 Å². The number of nitrogens with zero attached hydrogens (tertiary/aromatic N) is 1. The first-order chi connectivity index (χ1) is 26.4. The zero-order valence-electron chi connectivity index (χ0n) is 30.5. The van der Waals surface area contributed by atoms with E-state index in [1.54, 1.807) is 0 Å². The lowest BCUT2D eigenvalue weighted by Gasteiger charge is -2.35. The largest absolute Gasteiger partial charge is 0.308 e. The molecule has 0 saturated carbocycles. The van der Waals surface area contributed by atoms with Crippen LogP contribution in [0.1, 0.15) is 30.5 Å². The number of hydrogen-bond acceptors (Lipinski definition) is 2. The van der Waals surface area contributed by atoms with E-state index in [9.17, 15) is 0 Å². The first-order valence-electron chi connectivity index (χ1n) is 18.8. The molecular weight excluding hydrogens is 671 g/mol. The Morgan fingerprint density at radius 3 is 1.78 bits per heavy atom. The normalized spacial score (nSPS) is 13.9. The van der Waals surface area contributed by atoms with Gasteiger partial charge in [0.05, 0.1) is 11.4 Å². The number of benzene rings is 9. The lowest BCUT2D eigenvalue weighted by Crippen LogP contribution is -2.18. The van der Waals surface area contributed by atoms with E-state index >= 15 is 0 Å². The number of aryl methyl sites for hydroxylation is 1. The molecule has 9 aromatic rings. The van der Waals surface area contributed by atoms with Crippen molar-refractivity contribution >= 4 is 61.1 Å². The Labute approximate surface area is 320 Å². The average Bonchev–Trinajstić information content (AvgIpc) is 3.45. The molecular formula is C52H37NS. The van der Waals surface area contributed by atoms with Crippen LogP contribution in [0.15, 0.2) is 180 Å². The first-order valence-corrected chi connectivity index (χ1v) is 19.7. The van der Waals surface area contributed by atoms with Crippen LogP contribution in [0.25, 0.3) is 65.7 Å². The quantitative estimate of drug-likeness (QED) is 0.168. The van der Waals surface area contributed by atoms with E-state index in [1.807, 2.05) is 11.8 Å². The van der Waals surface area contributed by atoms with Crippen molar-refractivity contribution in [3.05, 3.63) is 187 Å². The second-order valence-electron chi connectivity index (χ2n) is 15.4. The summed E-state index contributed by atoms with van der Waals surface area (Å²) in [7, 11) is 0.